The third kappa shape index (κ3) is 3.22. The van der Waals surface area contributed by atoms with Crippen LogP contribution in [-0.2, 0) is 4.79 Å². The Morgan fingerprint density at radius 1 is 1.04 bits per heavy atom. The molecule has 2 amide bonds. The summed E-state index contributed by atoms with van der Waals surface area (Å²) in [6.07, 6.45) is 1.53. The molecule has 0 radical (unpaired) electrons. The average molecular weight is 323 g/mol. The summed E-state index contributed by atoms with van der Waals surface area (Å²) in [5.74, 6) is -1.32. The first-order chi connectivity index (χ1) is 11.5. The van der Waals surface area contributed by atoms with Crippen molar-refractivity contribution in [2.45, 2.75) is 6.92 Å². The number of para-hydroxylation sites is 1. The zero-order valence-electron chi connectivity index (χ0n) is 12.8. The molecule has 1 aromatic heterocycles. The van der Waals surface area contributed by atoms with Crippen LogP contribution in [0.4, 0.5) is 15.8 Å². The smallest absolute Gasteiger partial charge is 0.256 e. The zero-order chi connectivity index (χ0) is 17.1. The molecule has 0 aliphatic heterocycles. The molecule has 3 aromatic rings. The van der Waals surface area contributed by atoms with E-state index in [4.69, 9.17) is 0 Å². The maximum Gasteiger partial charge on any atom is 0.256 e. The summed E-state index contributed by atoms with van der Waals surface area (Å²) in [5, 5.41) is 5.76. The summed E-state index contributed by atoms with van der Waals surface area (Å²) in [6, 6.07) is 12.8. The fraction of sp³-hybridized carbons (Fsp3) is 0.0556. The van der Waals surface area contributed by atoms with Crippen LogP contribution >= 0.6 is 0 Å². The van der Waals surface area contributed by atoms with Crippen molar-refractivity contribution >= 4 is 34.1 Å². The number of benzene rings is 2. The number of anilines is 2. The number of nitrogens with one attached hydrogen (secondary N) is 2. The van der Waals surface area contributed by atoms with Gasteiger partial charge in [-0.1, -0.05) is 18.2 Å². The summed E-state index contributed by atoms with van der Waals surface area (Å²) < 4.78 is 14.0. The minimum Gasteiger partial charge on any atom is -0.326 e. The lowest BCUT2D eigenvalue weighted by molar-refractivity contribution is -0.114. The number of aromatic nitrogens is 1. The summed E-state index contributed by atoms with van der Waals surface area (Å²) in [4.78, 5) is 27.8. The molecule has 1 heterocycles. The minimum absolute atomic E-state index is 0.00727. The highest BCUT2D eigenvalue weighted by Crippen LogP contribution is 2.22. The average Bonchev–Trinajstić information content (AvgIpc) is 2.57. The van der Waals surface area contributed by atoms with E-state index in [-0.39, 0.29) is 11.6 Å². The lowest BCUT2D eigenvalue weighted by Gasteiger charge is -2.10. The van der Waals surface area contributed by atoms with Gasteiger partial charge in [-0.15, -0.1) is 0 Å². The van der Waals surface area contributed by atoms with Gasteiger partial charge in [0.15, 0.2) is 0 Å². The molecule has 0 bridgehead atoms. The van der Waals surface area contributed by atoms with Crippen molar-refractivity contribution in [1.82, 2.24) is 4.98 Å². The molecule has 2 aromatic carbocycles. The molecule has 2 N–H and O–H groups in total. The monoisotopic (exact) mass is 323 g/mol. The highest BCUT2D eigenvalue weighted by Gasteiger charge is 2.13. The summed E-state index contributed by atoms with van der Waals surface area (Å²) in [7, 11) is 0. The van der Waals surface area contributed by atoms with Gasteiger partial charge in [0.25, 0.3) is 5.91 Å². The maximum atomic E-state index is 14.0. The number of carbonyl (C=O) groups excluding carboxylic acids is 2. The molecular weight excluding hydrogens is 309 g/mol. The van der Waals surface area contributed by atoms with E-state index in [0.717, 1.165) is 0 Å². The second-order valence-corrected chi connectivity index (χ2v) is 5.21. The van der Waals surface area contributed by atoms with Gasteiger partial charge in [0.2, 0.25) is 5.91 Å². The highest BCUT2D eigenvalue weighted by atomic mass is 19.1. The predicted molar refractivity (Wildman–Crippen MR) is 90.4 cm³/mol. The molecule has 0 aliphatic carbocycles. The van der Waals surface area contributed by atoms with Crippen molar-refractivity contribution in [3.63, 3.8) is 0 Å². The van der Waals surface area contributed by atoms with Gasteiger partial charge in [-0.25, -0.2) is 4.39 Å². The number of fused-ring (bicyclic) bond motifs is 1. The molecule has 0 unspecified atom stereocenters. The van der Waals surface area contributed by atoms with Crippen molar-refractivity contribution in [3.8, 4) is 0 Å². The number of carbonyl (C=O) groups is 2. The van der Waals surface area contributed by atoms with Gasteiger partial charge >= 0.3 is 0 Å². The Bertz CT molecular complexity index is 935. The Hall–Kier alpha value is -3.28. The number of amides is 2. The minimum atomic E-state index is -0.587. The summed E-state index contributed by atoms with van der Waals surface area (Å²) in [6.45, 7) is 1.35. The second kappa shape index (κ2) is 6.45. The molecule has 0 aliphatic rings. The Morgan fingerprint density at radius 3 is 2.62 bits per heavy atom. The molecule has 24 heavy (non-hydrogen) atoms. The van der Waals surface area contributed by atoms with Crippen LogP contribution in [0.5, 0.6) is 0 Å². The third-order valence-electron chi connectivity index (χ3n) is 3.43. The molecule has 0 saturated carbocycles. The number of rotatable bonds is 3. The summed E-state index contributed by atoms with van der Waals surface area (Å²) in [5.41, 5.74) is 1.47. The number of hydrogen-bond acceptors (Lipinski definition) is 3. The lowest BCUT2D eigenvalue weighted by Crippen LogP contribution is -2.14. The maximum absolute atomic E-state index is 14.0. The first-order valence-electron chi connectivity index (χ1n) is 7.27. The van der Waals surface area contributed by atoms with Gasteiger partial charge in [0.05, 0.1) is 16.8 Å². The fourth-order valence-electron chi connectivity index (χ4n) is 2.39. The van der Waals surface area contributed by atoms with Gasteiger partial charge in [0.1, 0.15) is 5.82 Å². The van der Waals surface area contributed by atoms with Gasteiger partial charge < -0.3 is 10.6 Å². The van der Waals surface area contributed by atoms with E-state index >= 15 is 0 Å². The van der Waals surface area contributed by atoms with Crippen LogP contribution in [-0.4, -0.2) is 16.8 Å². The molecular formula is C18H14FN3O2. The molecule has 120 valence electrons. The van der Waals surface area contributed by atoms with Crippen molar-refractivity contribution in [2.24, 2.45) is 0 Å². The number of nitrogens with zero attached hydrogens (tertiary/aromatic N) is 1. The normalized spacial score (nSPS) is 10.4. The van der Waals surface area contributed by atoms with Gasteiger partial charge in [-0.3, -0.25) is 14.6 Å². The second-order valence-electron chi connectivity index (χ2n) is 5.21. The van der Waals surface area contributed by atoms with Crippen LogP contribution in [0, 0.1) is 5.82 Å². The SMILES string of the molecule is CC(=O)Nc1ccc(F)c(NC(=O)c2ccnc3ccccc23)c1. The molecule has 3 rings (SSSR count). The van der Waals surface area contributed by atoms with Gasteiger partial charge in [-0.2, -0.15) is 0 Å². The fourth-order valence-corrected chi connectivity index (χ4v) is 2.39. The molecule has 6 heteroatoms. The van der Waals surface area contributed by atoms with Crippen LogP contribution in [0.1, 0.15) is 17.3 Å². The molecule has 0 spiro atoms. The Balaban J connectivity index is 1.93. The van der Waals surface area contributed by atoms with E-state index in [2.05, 4.69) is 15.6 Å². The molecule has 0 fully saturated rings. The first-order valence-corrected chi connectivity index (χ1v) is 7.27. The van der Waals surface area contributed by atoms with Gasteiger partial charge in [-0.05, 0) is 30.3 Å². The Morgan fingerprint density at radius 2 is 1.83 bits per heavy atom. The van der Waals surface area contributed by atoms with Gasteiger partial charge in [0, 0.05) is 24.2 Å². The van der Waals surface area contributed by atoms with E-state index in [9.17, 15) is 14.0 Å². The summed E-state index contributed by atoms with van der Waals surface area (Å²) >= 11 is 0. The molecule has 0 saturated heterocycles. The number of halogens is 1. The number of hydrogen-bond donors (Lipinski definition) is 2. The molecule has 0 atom stereocenters. The van der Waals surface area contributed by atoms with Crippen molar-refractivity contribution < 1.29 is 14.0 Å². The van der Waals surface area contributed by atoms with E-state index < -0.39 is 11.7 Å². The first kappa shape index (κ1) is 15.6. The van der Waals surface area contributed by atoms with Crippen LogP contribution in [0.3, 0.4) is 0 Å². The number of pyridine rings is 1. The predicted octanol–water partition coefficient (Wildman–Crippen LogP) is 3.58. The van der Waals surface area contributed by atoms with Crippen LogP contribution in [0.2, 0.25) is 0 Å². The van der Waals surface area contributed by atoms with E-state index in [0.29, 0.717) is 22.2 Å². The van der Waals surface area contributed by atoms with Crippen molar-refractivity contribution in [2.75, 3.05) is 10.6 Å². The standard InChI is InChI=1S/C18H14FN3O2/c1-11(23)21-12-6-7-15(19)17(10-12)22-18(24)14-8-9-20-16-5-3-2-4-13(14)16/h2-10H,1H3,(H,21,23)(H,22,24). The lowest BCUT2D eigenvalue weighted by atomic mass is 10.1. The largest absolute Gasteiger partial charge is 0.326 e. The van der Waals surface area contributed by atoms with Crippen molar-refractivity contribution in [3.05, 3.63) is 66.1 Å². The third-order valence-corrected chi connectivity index (χ3v) is 3.43. The van der Waals surface area contributed by atoms with E-state index in [1.165, 1.54) is 31.3 Å². The topological polar surface area (TPSA) is 71.1 Å². The highest BCUT2D eigenvalue weighted by molar-refractivity contribution is 6.12. The Kier molecular flexibility index (Phi) is 4.20. The Labute approximate surface area is 137 Å². The van der Waals surface area contributed by atoms with Crippen LogP contribution in [0.15, 0.2) is 54.7 Å². The zero-order valence-corrected chi connectivity index (χ0v) is 12.8. The van der Waals surface area contributed by atoms with Crippen LogP contribution in [0.25, 0.3) is 10.9 Å². The molecule has 5 nitrogen and oxygen atoms in total. The quantitative estimate of drug-likeness (QED) is 0.774. The van der Waals surface area contributed by atoms with Crippen LogP contribution < -0.4 is 10.6 Å². The van der Waals surface area contributed by atoms with Crippen molar-refractivity contribution in [1.29, 1.82) is 0 Å². The van der Waals surface area contributed by atoms with E-state index in [1.807, 2.05) is 6.07 Å². The van der Waals surface area contributed by atoms with E-state index in [1.54, 1.807) is 24.3 Å².